The van der Waals surface area contributed by atoms with Gasteiger partial charge in [-0.25, -0.2) is 14.6 Å². The number of likely N-dealkylation sites (tertiary alicyclic amines) is 1. The van der Waals surface area contributed by atoms with Crippen LogP contribution in [0.25, 0.3) is 0 Å². The van der Waals surface area contributed by atoms with Crippen molar-refractivity contribution in [2.24, 2.45) is 5.92 Å². The summed E-state index contributed by atoms with van der Waals surface area (Å²) in [6.45, 7) is 3.31. The fourth-order valence-electron chi connectivity index (χ4n) is 4.64. The average Bonchev–Trinajstić information content (AvgIpc) is 3.50. The molecule has 0 bridgehead atoms. The van der Waals surface area contributed by atoms with Gasteiger partial charge < -0.3 is 40.8 Å². The summed E-state index contributed by atoms with van der Waals surface area (Å²) in [4.78, 5) is 82.5. The maximum absolute atomic E-state index is 13.5. The van der Waals surface area contributed by atoms with Gasteiger partial charge >= 0.3 is 18.0 Å². The molecule has 1 aliphatic heterocycles. The van der Waals surface area contributed by atoms with Crippen molar-refractivity contribution in [1.82, 2.24) is 30.8 Å². The molecule has 0 radical (unpaired) electrons. The first-order chi connectivity index (χ1) is 20.9. The summed E-state index contributed by atoms with van der Waals surface area (Å²) >= 11 is 0. The number of aromatic nitrogens is 2. The Balaban J connectivity index is 1.55. The molecule has 15 heteroatoms. The number of piperidine rings is 1. The van der Waals surface area contributed by atoms with E-state index in [1.165, 1.54) is 20.2 Å². The van der Waals surface area contributed by atoms with Crippen molar-refractivity contribution in [3.8, 4) is 0 Å². The number of hydrogen-bond acceptors (Lipinski definition) is 8. The van der Waals surface area contributed by atoms with Crippen LogP contribution in [0.15, 0.2) is 42.9 Å². The number of aliphatic carboxylic acids is 2. The minimum absolute atomic E-state index is 0.0335. The largest absolute Gasteiger partial charge is 0.481 e. The van der Waals surface area contributed by atoms with Crippen molar-refractivity contribution >= 4 is 35.8 Å². The van der Waals surface area contributed by atoms with E-state index in [4.69, 9.17) is 9.84 Å². The van der Waals surface area contributed by atoms with E-state index in [9.17, 15) is 33.9 Å². The normalized spacial score (nSPS) is 15.0. The highest BCUT2D eigenvalue weighted by Gasteiger charge is 2.37. The van der Waals surface area contributed by atoms with Crippen LogP contribution in [0, 0.1) is 5.92 Å². The minimum atomic E-state index is -1.49. The molecule has 0 spiro atoms. The van der Waals surface area contributed by atoms with Crippen LogP contribution in [-0.2, 0) is 41.7 Å². The summed E-state index contributed by atoms with van der Waals surface area (Å²) < 4.78 is 5.30. The molecule has 44 heavy (non-hydrogen) atoms. The number of carbonyl (C=O) groups excluding carboxylic acids is 4. The third-order valence-corrected chi connectivity index (χ3v) is 7.21. The lowest BCUT2D eigenvalue weighted by Gasteiger charge is -2.35. The van der Waals surface area contributed by atoms with Crippen LogP contribution >= 0.6 is 0 Å². The Labute approximate surface area is 253 Å². The van der Waals surface area contributed by atoms with Crippen molar-refractivity contribution in [3.05, 3.63) is 54.1 Å². The molecular formula is C29H38N6O9. The number of nitrogens with one attached hydrogen (secondary N) is 4. The fraction of sp³-hybridized carbons (Fsp3) is 0.483. The molecule has 238 valence electrons. The van der Waals surface area contributed by atoms with Crippen molar-refractivity contribution < 1.29 is 43.7 Å². The zero-order valence-corrected chi connectivity index (χ0v) is 24.6. The van der Waals surface area contributed by atoms with Gasteiger partial charge in [0, 0.05) is 43.7 Å². The molecule has 6 N–H and O–H groups in total. The van der Waals surface area contributed by atoms with E-state index >= 15 is 0 Å². The lowest BCUT2D eigenvalue weighted by molar-refractivity contribution is -0.144. The number of carbonyl (C=O) groups is 6. The lowest BCUT2D eigenvalue weighted by Crippen LogP contribution is -2.59. The van der Waals surface area contributed by atoms with Gasteiger partial charge in [-0.15, -0.1) is 0 Å². The van der Waals surface area contributed by atoms with Crippen LogP contribution in [0.1, 0.15) is 50.8 Å². The predicted molar refractivity (Wildman–Crippen MR) is 154 cm³/mol. The second kappa shape index (κ2) is 15.5. The monoisotopic (exact) mass is 614 g/mol. The number of alkyl carbamates (subject to hydrolysis) is 1. The first-order valence-electron chi connectivity index (χ1n) is 14.2. The number of carboxylic acids is 2. The first kappa shape index (κ1) is 33.6. The Hall–Kier alpha value is -4.95. The summed E-state index contributed by atoms with van der Waals surface area (Å²) in [6, 6.07) is 6.73. The molecule has 1 saturated heterocycles. The lowest BCUT2D eigenvalue weighted by atomic mass is 9.93. The number of amides is 4. The van der Waals surface area contributed by atoms with Crippen LogP contribution in [-0.4, -0.2) is 91.5 Å². The Morgan fingerprint density at radius 2 is 1.73 bits per heavy atom. The molecule has 1 fully saturated rings. The van der Waals surface area contributed by atoms with Crippen LogP contribution in [0.5, 0.6) is 0 Å². The molecule has 1 aromatic heterocycles. The number of ether oxygens (including phenoxy) is 1. The van der Waals surface area contributed by atoms with E-state index in [1.807, 2.05) is 30.3 Å². The molecule has 1 aliphatic rings. The summed E-state index contributed by atoms with van der Waals surface area (Å²) in [5.41, 5.74) is -0.0604. The number of benzene rings is 1. The topological polar surface area (TPSA) is 220 Å². The van der Waals surface area contributed by atoms with E-state index in [-0.39, 0.29) is 38.4 Å². The molecule has 2 atom stereocenters. The van der Waals surface area contributed by atoms with Crippen LogP contribution in [0.2, 0.25) is 0 Å². The first-order valence-corrected chi connectivity index (χ1v) is 14.2. The van der Waals surface area contributed by atoms with Gasteiger partial charge in [0.05, 0.1) is 6.33 Å². The number of aromatic amines is 1. The second-order valence-electron chi connectivity index (χ2n) is 11.1. The van der Waals surface area contributed by atoms with Gasteiger partial charge in [-0.3, -0.25) is 19.2 Å². The molecule has 0 saturated carbocycles. The highest BCUT2D eigenvalue weighted by molar-refractivity contribution is 5.94. The molecule has 4 amide bonds. The van der Waals surface area contributed by atoms with Gasteiger partial charge in [0.15, 0.2) is 0 Å². The molecule has 3 rings (SSSR count). The third-order valence-electron chi connectivity index (χ3n) is 7.21. The van der Waals surface area contributed by atoms with Crippen molar-refractivity contribution in [2.75, 3.05) is 13.1 Å². The minimum Gasteiger partial charge on any atom is -0.481 e. The predicted octanol–water partition coefficient (Wildman–Crippen LogP) is 0.815. The number of imidazole rings is 1. The van der Waals surface area contributed by atoms with Gasteiger partial charge in [0.1, 0.15) is 24.2 Å². The number of nitrogens with zero attached hydrogens (tertiary/aromatic N) is 2. The molecule has 0 aliphatic carbocycles. The smallest absolute Gasteiger partial charge is 0.408 e. The van der Waals surface area contributed by atoms with Crippen molar-refractivity contribution in [2.45, 2.75) is 70.2 Å². The standard InChI is InChI=1S/C29H38N6O9/c1-29(2,27(42)32-21(26(40)41)8-9-23(36)37)34-24(38)19-10-12-35(13-11-19)25(39)22(14-20-15-30-17-31-20)33-28(43)44-16-18-6-4-3-5-7-18/h3-7,15,17,19,21-22H,8-14,16H2,1-2H3,(H,30,31)(H,32,42)(H,33,43)(H,34,38)(H,36,37)(H,40,41)/t21-,22-/m0/s1. The van der Waals surface area contributed by atoms with E-state index in [0.717, 1.165) is 5.56 Å². The number of H-pyrrole nitrogens is 1. The van der Waals surface area contributed by atoms with Crippen LogP contribution in [0.3, 0.4) is 0 Å². The molecular weight excluding hydrogens is 576 g/mol. The SMILES string of the molecule is CC(C)(NC(=O)C1CCN(C(=O)[C@H](Cc2cnc[nH]2)NC(=O)OCc2ccccc2)CC1)C(=O)N[C@@H](CCC(=O)O)C(=O)O. The van der Waals surface area contributed by atoms with Crippen LogP contribution in [0.4, 0.5) is 4.79 Å². The summed E-state index contributed by atoms with van der Waals surface area (Å²) in [5, 5.41) is 25.7. The van der Waals surface area contributed by atoms with Gasteiger partial charge in [0.2, 0.25) is 17.7 Å². The Morgan fingerprint density at radius 3 is 2.32 bits per heavy atom. The van der Waals surface area contributed by atoms with E-state index < -0.39 is 59.8 Å². The molecule has 2 heterocycles. The van der Waals surface area contributed by atoms with Gasteiger partial charge in [-0.1, -0.05) is 30.3 Å². The Morgan fingerprint density at radius 1 is 1.05 bits per heavy atom. The fourth-order valence-corrected chi connectivity index (χ4v) is 4.64. The highest BCUT2D eigenvalue weighted by Crippen LogP contribution is 2.20. The third kappa shape index (κ3) is 10.1. The van der Waals surface area contributed by atoms with Crippen molar-refractivity contribution in [1.29, 1.82) is 0 Å². The average molecular weight is 615 g/mol. The summed E-state index contributed by atoms with van der Waals surface area (Å²) in [7, 11) is 0. The van der Waals surface area contributed by atoms with Gasteiger partial charge in [-0.05, 0) is 38.7 Å². The van der Waals surface area contributed by atoms with E-state index in [0.29, 0.717) is 18.5 Å². The summed E-state index contributed by atoms with van der Waals surface area (Å²) in [6.07, 6.45) is 2.23. The zero-order valence-electron chi connectivity index (χ0n) is 24.6. The number of carboxylic acid groups (broad SMARTS) is 2. The van der Waals surface area contributed by atoms with Crippen molar-refractivity contribution in [3.63, 3.8) is 0 Å². The second-order valence-corrected chi connectivity index (χ2v) is 11.1. The van der Waals surface area contributed by atoms with E-state index in [1.54, 1.807) is 11.1 Å². The Bertz CT molecular complexity index is 1310. The quantitative estimate of drug-likeness (QED) is 0.176. The molecule has 15 nitrogen and oxygen atoms in total. The Kier molecular flexibility index (Phi) is 11.8. The number of rotatable bonds is 14. The molecule has 0 unspecified atom stereocenters. The van der Waals surface area contributed by atoms with Gasteiger partial charge in [0.25, 0.3) is 0 Å². The molecule has 1 aromatic carbocycles. The maximum Gasteiger partial charge on any atom is 0.408 e. The highest BCUT2D eigenvalue weighted by atomic mass is 16.5. The zero-order chi connectivity index (χ0) is 32.3. The van der Waals surface area contributed by atoms with Crippen LogP contribution < -0.4 is 16.0 Å². The van der Waals surface area contributed by atoms with Gasteiger partial charge in [-0.2, -0.15) is 0 Å². The maximum atomic E-state index is 13.5. The number of hydrogen-bond donors (Lipinski definition) is 6. The summed E-state index contributed by atoms with van der Waals surface area (Å²) in [5.74, 6) is -4.67. The molecule has 2 aromatic rings. The van der Waals surface area contributed by atoms with E-state index in [2.05, 4.69) is 25.9 Å².